The fourth-order valence-corrected chi connectivity index (χ4v) is 2.42. The average molecular weight is 377 g/mol. The van der Waals surface area contributed by atoms with Gasteiger partial charge >= 0.3 is 6.09 Å². The van der Waals surface area contributed by atoms with Gasteiger partial charge in [0.15, 0.2) is 17.5 Å². The summed E-state index contributed by atoms with van der Waals surface area (Å²) >= 11 is 0. The molecule has 1 aliphatic heterocycles. The molecule has 0 radical (unpaired) electrons. The van der Waals surface area contributed by atoms with Crippen molar-refractivity contribution in [2.24, 2.45) is 4.99 Å². The Morgan fingerprint density at radius 2 is 2.33 bits per heavy atom. The zero-order chi connectivity index (χ0) is 19.2. The second-order valence-corrected chi connectivity index (χ2v) is 5.69. The Kier molecular flexibility index (Phi) is 5.87. The number of aromatic nitrogens is 2. The molecule has 3 rings (SSSR count). The van der Waals surface area contributed by atoms with E-state index in [1.54, 1.807) is 0 Å². The zero-order valence-corrected chi connectivity index (χ0v) is 14.2. The number of benzene rings is 1. The van der Waals surface area contributed by atoms with E-state index in [-0.39, 0.29) is 31.1 Å². The first-order valence-corrected chi connectivity index (χ1v) is 8.10. The number of hydrogen-bond acceptors (Lipinski definition) is 7. The van der Waals surface area contributed by atoms with Gasteiger partial charge in [0, 0.05) is 18.3 Å². The summed E-state index contributed by atoms with van der Waals surface area (Å²) in [6.45, 7) is 0.421. The fraction of sp³-hybridized carbons (Fsp3) is 0.294. The molecule has 10 heteroatoms. The highest BCUT2D eigenvalue weighted by Gasteiger charge is 2.24. The van der Waals surface area contributed by atoms with E-state index in [0.29, 0.717) is 12.2 Å². The molecule has 2 N–H and O–H groups in total. The normalized spacial score (nSPS) is 17.3. The highest BCUT2D eigenvalue weighted by molar-refractivity contribution is 5.73. The Morgan fingerprint density at radius 3 is 3.15 bits per heavy atom. The van der Waals surface area contributed by atoms with E-state index in [4.69, 9.17) is 15.2 Å². The number of nitrogens with two attached hydrogens (primary N) is 1. The van der Waals surface area contributed by atoms with Crippen LogP contribution in [0.25, 0.3) is 0 Å². The van der Waals surface area contributed by atoms with Crippen molar-refractivity contribution in [1.82, 2.24) is 14.9 Å². The number of carbonyl (C=O) groups excluding carboxylic acids is 1. The molecular formula is C17H17F2N5O3. The van der Waals surface area contributed by atoms with Gasteiger partial charge in [-0.1, -0.05) is 12.1 Å². The molecular weight excluding hydrogens is 360 g/mol. The van der Waals surface area contributed by atoms with E-state index in [2.05, 4.69) is 15.0 Å². The Hall–Kier alpha value is -3.14. The standard InChI is InChI=1S/C17H17F2N5O3/c18-13-3-1-2-11(15(13)19)9-27-17(25)24-4-5-26-12(8-24)6-22-14-7-21-10-23-16(14)20/h1-3,6-7,10,12H,4-5,8-9H2,(H2,20,21,23)/t12-/m1/s1. The van der Waals surface area contributed by atoms with Crippen LogP contribution in [0.5, 0.6) is 0 Å². The maximum atomic E-state index is 13.6. The third-order valence-corrected chi connectivity index (χ3v) is 3.84. The van der Waals surface area contributed by atoms with E-state index in [0.717, 1.165) is 6.07 Å². The number of aliphatic imine (C=N–C) groups is 1. The third kappa shape index (κ3) is 4.73. The lowest BCUT2D eigenvalue weighted by atomic mass is 10.2. The summed E-state index contributed by atoms with van der Waals surface area (Å²) < 4.78 is 37.4. The van der Waals surface area contributed by atoms with Gasteiger partial charge in [-0.2, -0.15) is 0 Å². The lowest BCUT2D eigenvalue weighted by molar-refractivity contribution is 0.00310. The zero-order valence-electron chi connectivity index (χ0n) is 14.2. The molecule has 0 unspecified atom stereocenters. The third-order valence-electron chi connectivity index (χ3n) is 3.84. The monoisotopic (exact) mass is 377 g/mol. The van der Waals surface area contributed by atoms with Gasteiger partial charge in [0.25, 0.3) is 0 Å². The van der Waals surface area contributed by atoms with Crippen LogP contribution >= 0.6 is 0 Å². The molecule has 1 fully saturated rings. The van der Waals surface area contributed by atoms with Crippen molar-refractivity contribution in [3.05, 3.63) is 47.9 Å². The molecule has 1 aliphatic rings. The van der Waals surface area contributed by atoms with Gasteiger partial charge in [-0.15, -0.1) is 0 Å². The molecule has 142 valence electrons. The predicted molar refractivity (Wildman–Crippen MR) is 92.5 cm³/mol. The quantitative estimate of drug-likeness (QED) is 0.819. The van der Waals surface area contributed by atoms with Crippen molar-refractivity contribution < 1.29 is 23.0 Å². The number of nitrogens with zero attached hydrogens (tertiary/aromatic N) is 4. The van der Waals surface area contributed by atoms with Crippen LogP contribution < -0.4 is 5.73 Å². The summed E-state index contributed by atoms with van der Waals surface area (Å²) in [5.41, 5.74) is 6.04. The number of hydrogen-bond donors (Lipinski definition) is 1. The number of amides is 1. The largest absolute Gasteiger partial charge is 0.444 e. The molecule has 1 atom stereocenters. The minimum atomic E-state index is -1.03. The Morgan fingerprint density at radius 1 is 1.48 bits per heavy atom. The van der Waals surface area contributed by atoms with E-state index < -0.39 is 23.8 Å². The first-order valence-electron chi connectivity index (χ1n) is 8.10. The second kappa shape index (κ2) is 8.49. The number of nitrogen functional groups attached to an aromatic ring is 1. The van der Waals surface area contributed by atoms with Crippen LogP contribution in [-0.2, 0) is 16.1 Å². The highest BCUT2D eigenvalue weighted by atomic mass is 19.2. The van der Waals surface area contributed by atoms with E-state index in [1.807, 2.05) is 0 Å². The summed E-state index contributed by atoms with van der Waals surface area (Å²) in [5, 5.41) is 0. The van der Waals surface area contributed by atoms with Gasteiger partial charge in [0.1, 0.15) is 24.7 Å². The van der Waals surface area contributed by atoms with Gasteiger partial charge in [0.05, 0.1) is 19.3 Å². The van der Waals surface area contributed by atoms with Gasteiger partial charge in [0.2, 0.25) is 0 Å². The fourth-order valence-electron chi connectivity index (χ4n) is 2.42. The number of carbonyl (C=O) groups is 1. The van der Waals surface area contributed by atoms with Gasteiger partial charge < -0.3 is 20.1 Å². The summed E-state index contributed by atoms with van der Waals surface area (Å²) in [6.07, 6.45) is 3.15. The molecule has 1 aromatic carbocycles. The summed E-state index contributed by atoms with van der Waals surface area (Å²) in [6, 6.07) is 3.70. The lowest BCUT2D eigenvalue weighted by Crippen LogP contribution is -2.46. The highest BCUT2D eigenvalue weighted by Crippen LogP contribution is 2.17. The molecule has 0 spiro atoms. The predicted octanol–water partition coefficient (Wildman–Crippen LogP) is 2.08. The molecule has 1 amide bonds. The summed E-state index contributed by atoms with van der Waals surface area (Å²) in [7, 11) is 0. The van der Waals surface area contributed by atoms with Crippen LogP contribution in [-0.4, -0.2) is 53.0 Å². The molecule has 2 aromatic rings. The minimum Gasteiger partial charge on any atom is -0.444 e. The number of ether oxygens (including phenoxy) is 2. The van der Waals surface area contributed by atoms with Crippen LogP contribution in [0, 0.1) is 11.6 Å². The summed E-state index contributed by atoms with van der Waals surface area (Å²) in [4.78, 5) is 25.4. The Bertz CT molecular complexity index is 849. The molecule has 1 saturated heterocycles. The number of rotatable bonds is 4. The lowest BCUT2D eigenvalue weighted by Gasteiger charge is -2.30. The van der Waals surface area contributed by atoms with Crippen LogP contribution in [0.2, 0.25) is 0 Å². The van der Waals surface area contributed by atoms with Crippen LogP contribution in [0.3, 0.4) is 0 Å². The first-order chi connectivity index (χ1) is 13.0. The van der Waals surface area contributed by atoms with E-state index in [1.165, 1.54) is 35.8 Å². The molecule has 0 saturated carbocycles. The van der Waals surface area contributed by atoms with E-state index >= 15 is 0 Å². The molecule has 27 heavy (non-hydrogen) atoms. The first kappa shape index (κ1) is 18.6. The number of anilines is 1. The van der Waals surface area contributed by atoms with Crippen molar-refractivity contribution in [3.63, 3.8) is 0 Å². The number of halogens is 2. The topological polar surface area (TPSA) is 103 Å². The van der Waals surface area contributed by atoms with Gasteiger partial charge in [-0.05, 0) is 6.07 Å². The van der Waals surface area contributed by atoms with Gasteiger partial charge in [-0.3, -0.25) is 4.99 Å². The van der Waals surface area contributed by atoms with Crippen molar-refractivity contribution in [3.8, 4) is 0 Å². The maximum absolute atomic E-state index is 13.6. The molecule has 1 aromatic heterocycles. The number of morpholine rings is 1. The molecule has 0 bridgehead atoms. The van der Waals surface area contributed by atoms with Crippen LogP contribution in [0.4, 0.5) is 25.1 Å². The molecule has 8 nitrogen and oxygen atoms in total. The SMILES string of the molecule is Nc1ncncc1N=C[C@@H]1CN(C(=O)OCc2cccc(F)c2F)CCO1. The maximum Gasteiger partial charge on any atom is 0.410 e. The Balaban J connectivity index is 1.56. The van der Waals surface area contributed by atoms with Crippen LogP contribution in [0.15, 0.2) is 35.7 Å². The van der Waals surface area contributed by atoms with Crippen molar-refractivity contribution in [1.29, 1.82) is 0 Å². The average Bonchev–Trinajstić information content (AvgIpc) is 2.68. The van der Waals surface area contributed by atoms with E-state index in [9.17, 15) is 13.6 Å². The smallest absolute Gasteiger partial charge is 0.410 e. The second-order valence-electron chi connectivity index (χ2n) is 5.69. The molecule has 2 heterocycles. The summed E-state index contributed by atoms with van der Waals surface area (Å²) in [5.74, 6) is -1.79. The van der Waals surface area contributed by atoms with Crippen molar-refractivity contribution in [2.45, 2.75) is 12.7 Å². The minimum absolute atomic E-state index is 0.0331. The van der Waals surface area contributed by atoms with Crippen molar-refractivity contribution in [2.75, 3.05) is 25.4 Å². The van der Waals surface area contributed by atoms with Crippen LogP contribution in [0.1, 0.15) is 5.56 Å². The van der Waals surface area contributed by atoms with Crippen molar-refractivity contribution >= 4 is 23.8 Å². The molecule has 0 aliphatic carbocycles. The van der Waals surface area contributed by atoms with Gasteiger partial charge in [-0.25, -0.2) is 23.5 Å². The Labute approximate surface area is 153 Å².